The molecule has 0 fully saturated rings. The van der Waals surface area contributed by atoms with Gasteiger partial charge in [-0.25, -0.2) is 0 Å². The largest absolute Gasteiger partial charge is 0.493 e. The summed E-state index contributed by atoms with van der Waals surface area (Å²) in [6.07, 6.45) is 2.05. The van der Waals surface area contributed by atoms with E-state index in [0.717, 1.165) is 24.3 Å². The molecule has 1 rings (SSSR count). The predicted molar refractivity (Wildman–Crippen MR) is 69.0 cm³/mol. The van der Waals surface area contributed by atoms with Crippen LogP contribution in [0.25, 0.3) is 0 Å². The molecule has 0 aliphatic rings. The first-order valence-electron chi connectivity index (χ1n) is 5.70. The zero-order valence-electron chi connectivity index (χ0n) is 11.3. The maximum atomic E-state index is 5.31. The zero-order chi connectivity index (χ0) is 12.8. The highest BCUT2D eigenvalue weighted by Crippen LogP contribution is 2.38. The molecule has 0 spiro atoms. The van der Waals surface area contributed by atoms with Crippen LogP contribution in [-0.2, 0) is 6.42 Å². The van der Waals surface area contributed by atoms with Gasteiger partial charge in [0.15, 0.2) is 11.5 Å². The number of hydrogen-bond acceptors (Lipinski definition) is 3. The van der Waals surface area contributed by atoms with Crippen molar-refractivity contribution in [3.05, 3.63) is 23.6 Å². The van der Waals surface area contributed by atoms with Crippen LogP contribution in [0.3, 0.4) is 0 Å². The Morgan fingerprint density at radius 1 is 0.941 bits per heavy atom. The second kappa shape index (κ2) is 6.38. The first-order valence-corrected chi connectivity index (χ1v) is 5.70. The second-order valence-electron chi connectivity index (χ2n) is 4.24. The van der Waals surface area contributed by atoms with Crippen LogP contribution in [0.5, 0.6) is 17.2 Å². The van der Waals surface area contributed by atoms with Crippen molar-refractivity contribution in [3.63, 3.8) is 0 Å². The van der Waals surface area contributed by atoms with E-state index in [4.69, 9.17) is 14.2 Å². The Hall–Kier alpha value is -1.38. The van der Waals surface area contributed by atoms with E-state index in [1.54, 1.807) is 21.3 Å². The van der Waals surface area contributed by atoms with Gasteiger partial charge in [0.2, 0.25) is 5.75 Å². The molecule has 0 N–H and O–H groups in total. The first kappa shape index (κ1) is 13.7. The van der Waals surface area contributed by atoms with Crippen molar-refractivity contribution in [1.29, 1.82) is 0 Å². The van der Waals surface area contributed by atoms with E-state index < -0.39 is 0 Å². The van der Waals surface area contributed by atoms with Crippen LogP contribution in [0, 0.1) is 5.92 Å². The van der Waals surface area contributed by atoms with Crippen molar-refractivity contribution in [2.45, 2.75) is 26.7 Å². The van der Waals surface area contributed by atoms with Gasteiger partial charge < -0.3 is 14.2 Å². The molecule has 3 nitrogen and oxygen atoms in total. The number of rotatable bonds is 6. The predicted octanol–water partition coefficient (Wildman–Crippen LogP) is 3.26. The summed E-state index contributed by atoms with van der Waals surface area (Å²) in [4.78, 5) is 0. The third kappa shape index (κ3) is 3.55. The summed E-state index contributed by atoms with van der Waals surface area (Å²) < 4.78 is 15.9. The van der Waals surface area contributed by atoms with Crippen molar-refractivity contribution >= 4 is 0 Å². The Bertz CT molecular complexity index is 333. The molecule has 0 saturated carbocycles. The average molecular weight is 237 g/mol. The van der Waals surface area contributed by atoms with Crippen molar-refractivity contribution in [3.8, 4) is 17.2 Å². The van der Waals surface area contributed by atoms with Gasteiger partial charge >= 0.3 is 0 Å². The normalized spacial score (nSPS) is 10.5. The minimum Gasteiger partial charge on any atom is -0.493 e. The molecule has 95 valence electrons. The average Bonchev–Trinajstić information content (AvgIpc) is 2.34. The summed E-state index contributed by atoms with van der Waals surface area (Å²) in [5.41, 5.74) is 1.20. The Balaban J connectivity index is 3.00. The second-order valence-corrected chi connectivity index (χ2v) is 4.24. The summed E-state index contributed by atoms with van der Waals surface area (Å²) in [6.45, 7) is 4.27. The smallest absolute Gasteiger partial charge is 0.203 e. The Morgan fingerprint density at radius 2 is 1.47 bits per heavy atom. The molecule has 0 unspecified atom stereocenters. The molecule has 0 aliphatic carbocycles. The van der Waals surface area contributed by atoms with Crippen LogP contribution in [0.15, 0.2) is 12.1 Å². The van der Waals surface area contributed by atoms with Crippen LogP contribution >= 0.6 is 0 Å². The summed E-state index contributed by atoms with van der Waals surface area (Å²) >= 11 is 0. The van der Waals surface area contributed by atoms with Gasteiger partial charge in [0.25, 0.3) is 0 Å². The van der Waals surface area contributed by atoms with Gasteiger partial charge in [-0.1, -0.05) is 13.8 Å². The molecular weight excluding hydrogens is 216 g/mol. The highest BCUT2D eigenvalue weighted by Gasteiger charge is 2.13. The van der Waals surface area contributed by atoms with Gasteiger partial charge in [-0.05, 0) is 36.5 Å². The number of methoxy groups -OCH3 is 3. The Kier molecular flexibility index (Phi) is 5.13. The van der Waals surface area contributed by atoms with Crippen LogP contribution in [0.2, 0.25) is 0 Å². The lowest BCUT2D eigenvalue weighted by Crippen LogP contribution is -1.98. The van der Waals surface area contributed by atoms with E-state index in [9.17, 15) is 0 Å². The van der Waals surface area contributed by atoms with Gasteiger partial charge in [-0.2, -0.15) is 0 Å². The van der Waals surface area contributed by atoms with Gasteiger partial charge in [-0.15, -0.1) is 0 Å². The lowest BCUT2D eigenvalue weighted by atomic mass is 10.0. The van der Waals surface area contributed by atoms with Gasteiger partial charge in [0.05, 0.1) is 21.3 Å². The Morgan fingerprint density at radius 3 is 1.82 bits per heavy atom. The van der Waals surface area contributed by atoms with Crippen molar-refractivity contribution in [2.75, 3.05) is 21.3 Å². The number of ether oxygens (including phenoxy) is 3. The third-order valence-electron chi connectivity index (χ3n) is 2.64. The minimum atomic E-state index is 0.649. The van der Waals surface area contributed by atoms with E-state index in [1.165, 1.54) is 11.5 Å². The fraction of sp³-hybridized carbons (Fsp3) is 0.500. The molecule has 0 heterocycles. The molecular formula is C14H21O3. The summed E-state index contributed by atoms with van der Waals surface area (Å²) in [6, 6.07) is 4.01. The fourth-order valence-corrected chi connectivity index (χ4v) is 1.67. The maximum Gasteiger partial charge on any atom is 0.203 e. The molecule has 0 amide bonds. The number of aryl methyl sites for hydroxylation is 1. The molecule has 1 aromatic carbocycles. The van der Waals surface area contributed by atoms with E-state index in [-0.39, 0.29) is 0 Å². The SMILES string of the molecule is COc1cc(CC[C](C)C)cc(OC)c1OC. The topological polar surface area (TPSA) is 27.7 Å². The summed E-state index contributed by atoms with van der Waals surface area (Å²) in [7, 11) is 4.89. The lowest BCUT2D eigenvalue weighted by molar-refractivity contribution is 0.323. The number of benzene rings is 1. The summed E-state index contributed by atoms with van der Waals surface area (Å²) in [5, 5.41) is 0. The van der Waals surface area contributed by atoms with E-state index in [0.29, 0.717) is 5.75 Å². The van der Waals surface area contributed by atoms with E-state index in [2.05, 4.69) is 13.8 Å². The molecule has 0 bridgehead atoms. The van der Waals surface area contributed by atoms with Crippen LogP contribution in [-0.4, -0.2) is 21.3 Å². The number of hydrogen-bond donors (Lipinski definition) is 0. The molecule has 1 aromatic rings. The van der Waals surface area contributed by atoms with Gasteiger partial charge in [0.1, 0.15) is 0 Å². The van der Waals surface area contributed by atoms with E-state index >= 15 is 0 Å². The highest BCUT2D eigenvalue weighted by atomic mass is 16.5. The fourth-order valence-electron chi connectivity index (χ4n) is 1.67. The maximum absolute atomic E-state index is 5.31. The first-order chi connectivity index (χ1) is 8.12. The van der Waals surface area contributed by atoms with Gasteiger partial charge in [0, 0.05) is 0 Å². The summed E-state index contributed by atoms with van der Waals surface area (Å²) in [5.74, 6) is 3.50. The van der Waals surface area contributed by atoms with Gasteiger partial charge in [-0.3, -0.25) is 0 Å². The molecule has 0 aliphatic heterocycles. The van der Waals surface area contributed by atoms with E-state index in [1.807, 2.05) is 12.1 Å². The Labute approximate surface area is 104 Å². The molecule has 3 heteroatoms. The lowest BCUT2D eigenvalue weighted by Gasteiger charge is -2.14. The monoisotopic (exact) mass is 237 g/mol. The van der Waals surface area contributed by atoms with Crippen molar-refractivity contribution in [2.24, 2.45) is 0 Å². The highest BCUT2D eigenvalue weighted by molar-refractivity contribution is 5.53. The quantitative estimate of drug-likeness (QED) is 0.760. The molecule has 0 saturated heterocycles. The molecule has 0 aromatic heterocycles. The van der Waals surface area contributed by atoms with Crippen LogP contribution < -0.4 is 14.2 Å². The molecule has 0 atom stereocenters. The third-order valence-corrected chi connectivity index (χ3v) is 2.64. The molecule has 1 radical (unpaired) electrons. The zero-order valence-corrected chi connectivity index (χ0v) is 11.3. The van der Waals surface area contributed by atoms with Crippen LogP contribution in [0.4, 0.5) is 0 Å². The minimum absolute atomic E-state index is 0.649. The standard InChI is InChI=1S/C14H21O3/c1-10(2)6-7-11-8-12(15-3)14(17-5)13(9-11)16-4/h8-9H,6-7H2,1-5H3. The van der Waals surface area contributed by atoms with Crippen molar-refractivity contribution < 1.29 is 14.2 Å². The molecule has 17 heavy (non-hydrogen) atoms. The van der Waals surface area contributed by atoms with Crippen molar-refractivity contribution in [1.82, 2.24) is 0 Å². The van der Waals surface area contributed by atoms with Crippen LogP contribution in [0.1, 0.15) is 25.8 Å².